The van der Waals surface area contributed by atoms with E-state index in [0.29, 0.717) is 0 Å². The summed E-state index contributed by atoms with van der Waals surface area (Å²) < 4.78 is 4.06. The summed E-state index contributed by atoms with van der Waals surface area (Å²) in [5.74, 6) is 0. The number of carbonyl (C=O) groups excluding carboxylic acids is 1. The highest BCUT2D eigenvalue weighted by atomic mass is 32.1. The summed E-state index contributed by atoms with van der Waals surface area (Å²) in [7, 11) is 0. The van der Waals surface area contributed by atoms with Crippen LogP contribution in [-0.4, -0.2) is 27.3 Å². The van der Waals surface area contributed by atoms with E-state index in [0.717, 1.165) is 29.8 Å². The van der Waals surface area contributed by atoms with Gasteiger partial charge in [-0.05, 0) is 42.1 Å². The van der Waals surface area contributed by atoms with E-state index in [2.05, 4.69) is 38.8 Å². The summed E-state index contributed by atoms with van der Waals surface area (Å²) >= 11 is 1.43. The van der Waals surface area contributed by atoms with Crippen LogP contribution in [0.4, 0.5) is 0 Å². The van der Waals surface area contributed by atoms with Crippen molar-refractivity contribution in [2.75, 3.05) is 6.54 Å². The summed E-state index contributed by atoms with van der Waals surface area (Å²) in [6.45, 7) is 2.88. The van der Waals surface area contributed by atoms with Gasteiger partial charge in [0, 0.05) is 12.7 Å². The van der Waals surface area contributed by atoms with E-state index in [9.17, 15) is 4.79 Å². The van der Waals surface area contributed by atoms with Gasteiger partial charge in [0.1, 0.15) is 6.29 Å². The summed E-state index contributed by atoms with van der Waals surface area (Å²) in [6, 6.07) is 8.57. The maximum absolute atomic E-state index is 10.6. The van der Waals surface area contributed by atoms with Gasteiger partial charge in [-0.25, -0.2) is 0 Å². The number of rotatable bonds is 3. The molecule has 1 aromatic carbocycles. The van der Waals surface area contributed by atoms with Gasteiger partial charge in [-0.3, -0.25) is 4.79 Å². The molecule has 0 bridgehead atoms. The average molecular weight is 285 g/mol. The minimum absolute atomic E-state index is 0.108. The molecular formula is C15H15N3OS. The molecule has 3 rings (SSSR count). The number of aryl methyl sites for hydroxylation is 1. The Labute approximate surface area is 121 Å². The van der Waals surface area contributed by atoms with E-state index >= 15 is 0 Å². The zero-order valence-corrected chi connectivity index (χ0v) is 12.0. The maximum Gasteiger partial charge on any atom is 0.144 e. The lowest BCUT2D eigenvalue weighted by molar-refractivity contribution is -0.104. The zero-order chi connectivity index (χ0) is 13.9. The minimum atomic E-state index is 0.108. The molecule has 1 atom stereocenters. The molecule has 2 heterocycles. The fraction of sp³-hybridized carbons (Fsp3) is 0.267. The topological polar surface area (TPSA) is 46.1 Å². The smallest absolute Gasteiger partial charge is 0.144 e. The molecule has 0 fully saturated rings. The normalized spacial score (nSPS) is 18.2. The van der Waals surface area contributed by atoms with Crippen molar-refractivity contribution in [3.63, 3.8) is 0 Å². The number of benzene rings is 1. The van der Waals surface area contributed by atoms with Gasteiger partial charge >= 0.3 is 0 Å². The lowest BCUT2D eigenvalue weighted by Crippen LogP contribution is -2.32. The van der Waals surface area contributed by atoms with E-state index in [-0.39, 0.29) is 6.04 Å². The molecular weight excluding hydrogens is 270 g/mol. The first-order chi connectivity index (χ1) is 9.81. The zero-order valence-electron chi connectivity index (χ0n) is 11.2. The van der Waals surface area contributed by atoms with Crippen molar-refractivity contribution >= 4 is 17.8 Å². The third-order valence-corrected chi connectivity index (χ3v) is 4.49. The van der Waals surface area contributed by atoms with Crippen molar-refractivity contribution < 1.29 is 4.79 Å². The number of aldehydes is 1. The molecule has 1 aliphatic rings. The van der Waals surface area contributed by atoms with Crippen LogP contribution in [0.3, 0.4) is 0 Å². The van der Waals surface area contributed by atoms with Gasteiger partial charge in [-0.15, -0.1) is 5.10 Å². The molecule has 0 radical (unpaired) electrons. The Hall–Kier alpha value is -2.01. The third-order valence-electron chi connectivity index (χ3n) is 3.61. The van der Waals surface area contributed by atoms with Crippen LogP contribution >= 0.6 is 11.5 Å². The molecule has 0 N–H and O–H groups in total. The lowest BCUT2D eigenvalue weighted by atomic mass is 9.91. The number of hydrogen-bond donors (Lipinski definition) is 0. The SMILES string of the molecule is Cc1nnsc1C1c2ccccc2CCN1C=CC=O. The van der Waals surface area contributed by atoms with Gasteiger partial charge in [0.2, 0.25) is 0 Å². The van der Waals surface area contributed by atoms with Crippen LogP contribution in [0.15, 0.2) is 36.5 Å². The second-order valence-corrected chi connectivity index (χ2v) is 5.58. The van der Waals surface area contributed by atoms with Gasteiger partial charge in [-0.1, -0.05) is 28.8 Å². The average Bonchev–Trinajstić information content (AvgIpc) is 2.90. The monoisotopic (exact) mass is 285 g/mol. The van der Waals surface area contributed by atoms with Crippen LogP contribution in [0.5, 0.6) is 0 Å². The van der Waals surface area contributed by atoms with E-state index in [1.165, 1.54) is 22.7 Å². The summed E-state index contributed by atoms with van der Waals surface area (Å²) in [4.78, 5) is 14.0. The van der Waals surface area contributed by atoms with Crippen molar-refractivity contribution in [3.05, 3.63) is 58.2 Å². The van der Waals surface area contributed by atoms with Crippen LogP contribution in [0.2, 0.25) is 0 Å². The van der Waals surface area contributed by atoms with Crippen LogP contribution in [-0.2, 0) is 11.2 Å². The van der Waals surface area contributed by atoms with E-state index in [4.69, 9.17) is 0 Å². The molecule has 0 aliphatic carbocycles. The number of aromatic nitrogens is 2. The molecule has 2 aromatic rings. The molecule has 20 heavy (non-hydrogen) atoms. The molecule has 0 saturated carbocycles. The summed E-state index contributed by atoms with van der Waals surface area (Å²) in [5.41, 5.74) is 3.60. The highest BCUT2D eigenvalue weighted by molar-refractivity contribution is 7.05. The molecule has 1 aromatic heterocycles. The number of allylic oxidation sites excluding steroid dienone is 1. The third kappa shape index (κ3) is 2.25. The first kappa shape index (κ1) is 13.0. The van der Waals surface area contributed by atoms with Crippen LogP contribution in [0, 0.1) is 6.92 Å². The number of hydrogen-bond acceptors (Lipinski definition) is 5. The Kier molecular flexibility index (Phi) is 3.60. The van der Waals surface area contributed by atoms with Gasteiger partial charge < -0.3 is 4.90 Å². The quantitative estimate of drug-likeness (QED) is 0.642. The number of fused-ring (bicyclic) bond motifs is 1. The molecule has 0 saturated heterocycles. The Morgan fingerprint density at radius 2 is 2.25 bits per heavy atom. The van der Waals surface area contributed by atoms with E-state index < -0.39 is 0 Å². The van der Waals surface area contributed by atoms with Gasteiger partial charge in [-0.2, -0.15) is 0 Å². The molecule has 0 spiro atoms. The van der Waals surface area contributed by atoms with Crippen molar-refractivity contribution in [1.29, 1.82) is 0 Å². The summed E-state index contributed by atoms with van der Waals surface area (Å²) in [6.07, 6.45) is 5.22. The second-order valence-electron chi connectivity index (χ2n) is 4.79. The van der Waals surface area contributed by atoms with E-state index in [1.807, 2.05) is 13.1 Å². The number of carbonyl (C=O) groups is 1. The minimum Gasteiger partial charge on any atom is -0.365 e. The fourth-order valence-electron chi connectivity index (χ4n) is 2.67. The van der Waals surface area contributed by atoms with Gasteiger partial charge in [0.05, 0.1) is 16.6 Å². The van der Waals surface area contributed by atoms with Gasteiger partial charge in [0.15, 0.2) is 0 Å². The second kappa shape index (κ2) is 5.54. The first-order valence-corrected chi connectivity index (χ1v) is 7.33. The maximum atomic E-state index is 10.6. The number of nitrogens with zero attached hydrogens (tertiary/aromatic N) is 3. The van der Waals surface area contributed by atoms with Crippen LogP contribution in [0.25, 0.3) is 0 Å². The predicted octanol–water partition coefficient (Wildman–Crippen LogP) is 2.51. The molecule has 5 heteroatoms. The van der Waals surface area contributed by atoms with E-state index in [1.54, 1.807) is 6.08 Å². The Morgan fingerprint density at radius 1 is 1.40 bits per heavy atom. The fourth-order valence-corrected chi connectivity index (χ4v) is 3.46. The standard InChI is InChI=1S/C15H15N3OS/c1-11-15(20-17-16-11)14-13-6-3-2-5-12(13)7-9-18(14)8-4-10-19/h2-6,8,10,14H,7,9H2,1H3. The Morgan fingerprint density at radius 3 is 3.00 bits per heavy atom. The molecule has 0 amide bonds. The Bertz CT molecular complexity index is 650. The van der Waals surface area contributed by atoms with Crippen molar-refractivity contribution in [2.24, 2.45) is 0 Å². The van der Waals surface area contributed by atoms with Crippen LogP contribution < -0.4 is 0 Å². The largest absolute Gasteiger partial charge is 0.365 e. The van der Waals surface area contributed by atoms with Crippen LogP contribution in [0.1, 0.15) is 27.7 Å². The van der Waals surface area contributed by atoms with Crippen molar-refractivity contribution in [3.8, 4) is 0 Å². The molecule has 1 aliphatic heterocycles. The predicted molar refractivity (Wildman–Crippen MR) is 78.5 cm³/mol. The summed E-state index contributed by atoms with van der Waals surface area (Å²) in [5, 5.41) is 4.13. The highest BCUT2D eigenvalue weighted by Crippen LogP contribution is 2.37. The molecule has 102 valence electrons. The lowest BCUT2D eigenvalue weighted by Gasteiger charge is -2.36. The van der Waals surface area contributed by atoms with Gasteiger partial charge in [0.25, 0.3) is 0 Å². The molecule has 4 nitrogen and oxygen atoms in total. The highest BCUT2D eigenvalue weighted by Gasteiger charge is 2.29. The first-order valence-electron chi connectivity index (χ1n) is 6.55. The van der Waals surface area contributed by atoms with Crippen molar-refractivity contribution in [1.82, 2.24) is 14.5 Å². The molecule has 1 unspecified atom stereocenters. The van der Waals surface area contributed by atoms with Crippen molar-refractivity contribution in [2.45, 2.75) is 19.4 Å². The Balaban J connectivity index is 2.10.